The number of carbonyl (C=O) groups is 2. The molecular weight excluding hydrogens is 478 g/mol. The van der Waals surface area contributed by atoms with Crippen molar-refractivity contribution in [2.45, 2.75) is 13.5 Å². The quantitative estimate of drug-likeness (QED) is 0.216. The smallest absolute Gasteiger partial charge is 0.493 e. The number of anilines is 1. The van der Waals surface area contributed by atoms with Gasteiger partial charge in [0.2, 0.25) is 11.7 Å². The van der Waals surface area contributed by atoms with Gasteiger partial charge >= 0.3 is 6.16 Å². The Kier molecular flexibility index (Phi) is 9.37. The molecular formula is C28H29NO8. The minimum absolute atomic E-state index is 0.00221. The Morgan fingerprint density at radius 3 is 1.89 bits per heavy atom. The lowest BCUT2D eigenvalue weighted by Gasteiger charge is -2.13. The molecule has 0 aliphatic rings. The first kappa shape index (κ1) is 26.9. The minimum atomic E-state index is -0.880. The molecule has 3 aromatic carbocycles. The van der Waals surface area contributed by atoms with Gasteiger partial charge in [-0.25, -0.2) is 4.79 Å². The van der Waals surface area contributed by atoms with Gasteiger partial charge in [0.05, 0.1) is 28.4 Å². The van der Waals surface area contributed by atoms with Crippen molar-refractivity contribution < 1.29 is 38.0 Å². The maximum Gasteiger partial charge on any atom is 0.514 e. The zero-order valence-corrected chi connectivity index (χ0v) is 21.3. The first-order chi connectivity index (χ1) is 17.9. The fourth-order valence-corrected chi connectivity index (χ4v) is 3.42. The summed E-state index contributed by atoms with van der Waals surface area (Å²) in [6, 6.07) is 15.7. The number of methoxy groups -OCH3 is 4. The molecule has 0 saturated heterocycles. The van der Waals surface area contributed by atoms with Gasteiger partial charge in [-0.3, -0.25) is 4.79 Å². The summed E-state index contributed by atoms with van der Waals surface area (Å²) in [5, 5.41) is 2.68. The Morgan fingerprint density at radius 1 is 0.730 bits per heavy atom. The van der Waals surface area contributed by atoms with Gasteiger partial charge < -0.3 is 33.7 Å². The van der Waals surface area contributed by atoms with Crippen LogP contribution in [0.2, 0.25) is 0 Å². The normalized spacial score (nSPS) is 10.5. The Labute approximate surface area is 215 Å². The van der Waals surface area contributed by atoms with E-state index in [2.05, 4.69) is 5.32 Å². The van der Waals surface area contributed by atoms with E-state index < -0.39 is 6.16 Å². The third kappa shape index (κ3) is 7.41. The molecule has 0 saturated carbocycles. The number of ether oxygens (including phenoxy) is 6. The van der Waals surface area contributed by atoms with E-state index >= 15 is 0 Å². The molecule has 0 atom stereocenters. The van der Waals surface area contributed by atoms with Gasteiger partial charge in [0.1, 0.15) is 6.61 Å². The highest BCUT2D eigenvalue weighted by Gasteiger charge is 2.14. The van der Waals surface area contributed by atoms with Crippen LogP contribution in [0.5, 0.6) is 28.7 Å². The van der Waals surface area contributed by atoms with Crippen LogP contribution in [0.1, 0.15) is 23.6 Å². The topological polar surface area (TPSA) is 102 Å². The van der Waals surface area contributed by atoms with Gasteiger partial charge in [0, 0.05) is 12.6 Å². The third-order valence-electron chi connectivity index (χ3n) is 5.17. The lowest BCUT2D eigenvalue weighted by Crippen LogP contribution is -2.11. The number of hydrogen-bond donors (Lipinski definition) is 1. The molecule has 0 heterocycles. The fraction of sp³-hybridized carbons (Fsp3) is 0.214. The summed E-state index contributed by atoms with van der Waals surface area (Å²) >= 11 is 0. The molecule has 1 N–H and O–H groups in total. The van der Waals surface area contributed by atoms with E-state index in [1.807, 2.05) is 30.4 Å². The highest BCUT2D eigenvalue weighted by atomic mass is 16.7. The predicted octanol–water partition coefficient (Wildman–Crippen LogP) is 5.57. The van der Waals surface area contributed by atoms with Crippen molar-refractivity contribution in [1.29, 1.82) is 0 Å². The molecule has 3 rings (SSSR count). The molecule has 0 spiro atoms. The van der Waals surface area contributed by atoms with E-state index in [9.17, 15) is 9.59 Å². The molecule has 194 valence electrons. The second-order valence-electron chi connectivity index (χ2n) is 7.72. The van der Waals surface area contributed by atoms with Crippen LogP contribution in [0, 0.1) is 0 Å². The van der Waals surface area contributed by atoms with Crippen LogP contribution in [0.3, 0.4) is 0 Å². The van der Waals surface area contributed by atoms with Crippen LogP contribution in [0.25, 0.3) is 12.2 Å². The molecule has 1 amide bonds. The highest BCUT2D eigenvalue weighted by Crippen LogP contribution is 2.38. The van der Waals surface area contributed by atoms with Gasteiger partial charge in [-0.1, -0.05) is 30.4 Å². The van der Waals surface area contributed by atoms with Gasteiger partial charge in [-0.05, 0) is 53.1 Å². The van der Waals surface area contributed by atoms with Crippen LogP contribution in [-0.4, -0.2) is 40.5 Å². The van der Waals surface area contributed by atoms with Crippen LogP contribution >= 0.6 is 0 Å². The SMILES string of the molecule is COc1ccc(/C=C\c2cc(OC)c(OC)c(OC)c2)cc1OC(=O)OCc1ccc(NC(C)=O)cc1. The minimum Gasteiger partial charge on any atom is -0.493 e. The van der Waals surface area contributed by atoms with E-state index in [1.54, 1.807) is 57.7 Å². The summed E-state index contributed by atoms with van der Waals surface area (Å²) in [6.45, 7) is 1.43. The van der Waals surface area contributed by atoms with Crippen molar-refractivity contribution in [3.63, 3.8) is 0 Å². The maximum absolute atomic E-state index is 12.3. The second-order valence-corrected chi connectivity index (χ2v) is 7.72. The number of rotatable bonds is 10. The molecule has 9 heteroatoms. The fourth-order valence-electron chi connectivity index (χ4n) is 3.42. The molecule has 0 fully saturated rings. The lowest BCUT2D eigenvalue weighted by atomic mass is 10.1. The van der Waals surface area contributed by atoms with Crippen LogP contribution in [0.4, 0.5) is 10.5 Å². The molecule has 0 radical (unpaired) electrons. The van der Waals surface area contributed by atoms with Gasteiger partial charge in [0.15, 0.2) is 23.0 Å². The van der Waals surface area contributed by atoms with Crippen molar-refractivity contribution in [1.82, 2.24) is 0 Å². The number of carbonyl (C=O) groups excluding carboxylic acids is 2. The van der Waals surface area contributed by atoms with E-state index in [0.29, 0.717) is 28.7 Å². The molecule has 0 aromatic heterocycles. The summed E-state index contributed by atoms with van der Waals surface area (Å²) in [5.74, 6) is 1.99. The van der Waals surface area contributed by atoms with E-state index in [0.717, 1.165) is 16.7 Å². The Hall–Kier alpha value is -4.66. The van der Waals surface area contributed by atoms with E-state index in [4.69, 9.17) is 28.4 Å². The summed E-state index contributed by atoms with van der Waals surface area (Å²) in [6.07, 6.45) is 2.82. The van der Waals surface area contributed by atoms with Crippen LogP contribution < -0.4 is 29.0 Å². The standard InChI is InChI=1S/C28H29NO8/c1-18(30)29-22-11-8-20(9-12-22)17-36-28(31)37-24-14-19(10-13-23(24)32-2)6-7-21-15-25(33-3)27(35-5)26(16-21)34-4/h6-16H,17H2,1-5H3,(H,29,30)/b7-6-. The zero-order valence-electron chi connectivity index (χ0n) is 21.3. The number of hydrogen-bond acceptors (Lipinski definition) is 8. The van der Waals surface area contributed by atoms with Crippen LogP contribution in [0.15, 0.2) is 54.6 Å². The number of amides is 1. The Morgan fingerprint density at radius 2 is 1.32 bits per heavy atom. The summed E-state index contributed by atoms with van der Waals surface area (Å²) in [4.78, 5) is 23.5. The average molecular weight is 508 g/mol. The second kappa shape index (κ2) is 12.9. The van der Waals surface area contributed by atoms with Crippen molar-refractivity contribution in [2.24, 2.45) is 0 Å². The van der Waals surface area contributed by atoms with Crippen molar-refractivity contribution in [3.05, 3.63) is 71.3 Å². The molecule has 0 aliphatic heterocycles. The number of nitrogens with one attached hydrogen (secondary N) is 1. The van der Waals surface area contributed by atoms with Crippen molar-refractivity contribution in [3.8, 4) is 28.7 Å². The first-order valence-electron chi connectivity index (χ1n) is 11.2. The van der Waals surface area contributed by atoms with E-state index in [1.165, 1.54) is 14.0 Å². The Bertz CT molecular complexity index is 1240. The first-order valence-corrected chi connectivity index (χ1v) is 11.2. The molecule has 37 heavy (non-hydrogen) atoms. The molecule has 0 aliphatic carbocycles. The molecule has 0 bridgehead atoms. The number of benzene rings is 3. The largest absolute Gasteiger partial charge is 0.514 e. The highest BCUT2D eigenvalue weighted by molar-refractivity contribution is 5.88. The van der Waals surface area contributed by atoms with Gasteiger partial charge in [-0.2, -0.15) is 0 Å². The zero-order chi connectivity index (χ0) is 26.8. The van der Waals surface area contributed by atoms with Gasteiger partial charge in [-0.15, -0.1) is 0 Å². The summed E-state index contributed by atoms with van der Waals surface area (Å²) < 4.78 is 32.1. The molecule has 9 nitrogen and oxygen atoms in total. The third-order valence-corrected chi connectivity index (χ3v) is 5.17. The summed E-state index contributed by atoms with van der Waals surface area (Å²) in [7, 11) is 6.13. The van der Waals surface area contributed by atoms with E-state index in [-0.39, 0.29) is 18.3 Å². The lowest BCUT2D eigenvalue weighted by molar-refractivity contribution is -0.114. The van der Waals surface area contributed by atoms with Crippen LogP contribution in [-0.2, 0) is 16.1 Å². The maximum atomic E-state index is 12.3. The van der Waals surface area contributed by atoms with Gasteiger partial charge in [0.25, 0.3) is 0 Å². The Balaban J connectivity index is 1.70. The molecule has 0 unspecified atom stereocenters. The average Bonchev–Trinajstić information content (AvgIpc) is 2.90. The monoisotopic (exact) mass is 507 g/mol. The van der Waals surface area contributed by atoms with Crippen molar-refractivity contribution in [2.75, 3.05) is 33.8 Å². The summed E-state index contributed by atoms with van der Waals surface area (Å²) in [5.41, 5.74) is 2.96. The van der Waals surface area contributed by atoms with Crippen molar-refractivity contribution >= 4 is 29.9 Å². The predicted molar refractivity (Wildman–Crippen MR) is 140 cm³/mol. The molecule has 3 aromatic rings.